The van der Waals surface area contributed by atoms with Crippen LogP contribution in [0.1, 0.15) is 209 Å². The van der Waals surface area contributed by atoms with E-state index in [1.807, 2.05) is 0 Å². The molecule has 16 bridgehead atoms. The average molecular weight is 817 g/mol. The fourth-order valence-corrected chi connectivity index (χ4v) is 25.8. The molecule has 336 valence electrons. The summed E-state index contributed by atoms with van der Waals surface area (Å²) in [6, 6.07) is 0. The van der Waals surface area contributed by atoms with Crippen LogP contribution in [-0.2, 0) is 0 Å². The van der Waals surface area contributed by atoms with Gasteiger partial charge in [-0.15, -0.1) is 0 Å². The van der Waals surface area contributed by atoms with Gasteiger partial charge in [-0.2, -0.15) is 0 Å². The van der Waals surface area contributed by atoms with E-state index in [0.29, 0.717) is 0 Å². The molecule has 0 heteroatoms. The second-order valence-corrected chi connectivity index (χ2v) is 29.2. The van der Waals surface area contributed by atoms with Crippen molar-refractivity contribution in [1.29, 1.82) is 0 Å². The van der Waals surface area contributed by atoms with Gasteiger partial charge in [0.1, 0.15) is 0 Å². The summed E-state index contributed by atoms with van der Waals surface area (Å²) in [7, 11) is 0. The van der Waals surface area contributed by atoms with E-state index in [1.165, 1.54) is 120 Å². The summed E-state index contributed by atoms with van der Waals surface area (Å²) in [6.45, 7) is 20.1. The van der Waals surface area contributed by atoms with E-state index in [4.69, 9.17) is 0 Å². The average Bonchev–Trinajstić information content (AvgIpc) is 4.09. The van der Waals surface area contributed by atoms with Crippen molar-refractivity contribution in [2.45, 2.75) is 209 Å². The monoisotopic (exact) mass is 817 g/mol. The molecule has 16 aliphatic carbocycles. The minimum absolute atomic E-state index is 0.746. The van der Waals surface area contributed by atoms with Crippen LogP contribution in [0.25, 0.3) is 0 Å². The lowest BCUT2D eigenvalue weighted by atomic mass is 9.61. The maximum Gasteiger partial charge on any atom is -0.0294 e. The molecular formula is C60H96. The van der Waals surface area contributed by atoms with E-state index in [2.05, 4.69) is 55.4 Å². The van der Waals surface area contributed by atoms with E-state index in [-0.39, 0.29) is 0 Å². The first-order chi connectivity index (χ1) is 28.9. The molecule has 0 heterocycles. The van der Waals surface area contributed by atoms with Crippen molar-refractivity contribution in [3.63, 3.8) is 0 Å². The molecule has 16 saturated carbocycles. The summed E-state index contributed by atoms with van der Waals surface area (Å²) in [5, 5.41) is 0. The Hall–Kier alpha value is 0. The summed E-state index contributed by atoms with van der Waals surface area (Å²) < 4.78 is 0. The van der Waals surface area contributed by atoms with Gasteiger partial charge in [0.15, 0.2) is 0 Å². The molecule has 0 aliphatic heterocycles. The molecule has 0 radical (unpaired) electrons. The molecule has 0 aromatic rings. The van der Waals surface area contributed by atoms with E-state index < -0.39 is 0 Å². The Morgan fingerprint density at radius 3 is 0.617 bits per heavy atom. The fourth-order valence-electron chi connectivity index (χ4n) is 25.8. The van der Waals surface area contributed by atoms with Crippen molar-refractivity contribution in [3.05, 3.63) is 0 Å². The second-order valence-electron chi connectivity index (χ2n) is 29.2. The molecule has 16 rings (SSSR count). The Labute approximate surface area is 371 Å². The third kappa shape index (κ3) is 5.33. The maximum atomic E-state index is 2.60. The largest absolute Gasteiger partial charge is 0.0649 e. The zero-order valence-electron chi connectivity index (χ0n) is 40.8. The van der Waals surface area contributed by atoms with Crippen molar-refractivity contribution in [2.24, 2.45) is 164 Å². The van der Waals surface area contributed by atoms with Gasteiger partial charge >= 0.3 is 0 Å². The molecule has 0 saturated heterocycles. The first kappa shape index (κ1) is 40.3. The first-order valence-corrected chi connectivity index (χ1v) is 28.9. The van der Waals surface area contributed by atoms with Crippen molar-refractivity contribution < 1.29 is 0 Å². The molecular weight excluding hydrogens is 721 g/mol. The minimum Gasteiger partial charge on any atom is -0.0649 e. The molecule has 0 aromatic heterocycles. The van der Waals surface area contributed by atoms with Gasteiger partial charge in [0.05, 0.1) is 0 Å². The van der Waals surface area contributed by atoms with Crippen molar-refractivity contribution >= 4 is 0 Å². The van der Waals surface area contributed by atoms with Crippen molar-refractivity contribution in [2.75, 3.05) is 0 Å². The zero-order valence-corrected chi connectivity index (χ0v) is 40.8. The first-order valence-electron chi connectivity index (χ1n) is 28.9. The van der Waals surface area contributed by atoms with Crippen LogP contribution in [0.2, 0.25) is 0 Å². The lowest BCUT2D eigenvalue weighted by Gasteiger charge is -2.44. The fraction of sp³-hybridized carbons (Fsp3) is 1.00. The highest BCUT2D eigenvalue weighted by molar-refractivity contribution is 5.17. The van der Waals surface area contributed by atoms with Gasteiger partial charge in [-0.05, 0) is 292 Å². The zero-order chi connectivity index (χ0) is 40.8. The van der Waals surface area contributed by atoms with Gasteiger partial charge in [-0.3, -0.25) is 0 Å². The molecule has 28 atom stereocenters. The Morgan fingerprint density at radius 1 is 0.250 bits per heavy atom. The number of hydrogen-bond acceptors (Lipinski definition) is 0. The Kier molecular flexibility index (Phi) is 9.26. The highest BCUT2D eigenvalue weighted by Crippen LogP contribution is 2.76. The molecule has 16 fully saturated rings. The molecule has 0 N–H and O–H groups in total. The molecule has 0 nitrogen and oxygen atoms in total. The number of fused-ring (bicyclic) bond motifs is 36. The summed E-state index contributed by atoms with van der Waals surface area (Å²) in [6.07, 6.45) is 37.8. The van der Waals surface area contributed by atoms with E-state index in [9.17, 15) is 0 Å². The summed E-state index contributed by atoms with van der Waals surface area (Å²) in [4.78, 5) is 0. The van der Waals surface area contributed by atoms with Gasteiger partial charge in [-0.1, -0.05) is 81.1 Å². The summed E-state index contributed by atoms with van der Waals surface area (Å²) in [5.41, 5.74) is 2.99. The predicted molar refractivity (Wildman–Crippen MR) is 250 cm³/mol. The normalized spacial score (nSPS) is 65.2. The van der Waals surface area contributed by atoms with Crippen molar-refractivity contribution in [3.8, 4) is 0 Å². The quantitative estimate of drug-likeness (QED) is 0.248. The van der Waals surface area contributed by atoms with Crippen LogP contribution in [0.4, 0.5) is 0 Å². The van der Waals surface area contributed by atoms with E-state index in [0.717, 1.165) is 69.0 Å². The molecule has 0 spiro atoms. The molecule has 0 amide bonds. The van der Waals surface area contributed by atoms with Gasteiger partial charge in [0, 0.05) is 0 Å². The Balaban J connectivity index is 0.0000000823. The lowest BCUT2D eigenvalue weighted by Crippen LogP contribution is -2.37. The maximum absolute atomic E-state index is 2.60. The standard InChI is InChI=1S/4C15H24/c4*1-3-15(2)8-11-7-12(15)14-10-5-4-9(6-10)13(11)14/h4*9-14H,3-8H2,1-2H3/t4*9?,10?,11?,12?,13?,14?,15-/m0000/s1. The van der Waals surface area contributed by atoms with Crippen LogP contribution in [0.5, 0.6) is 0 Å². The smallest absolute Gasteiger partial charge is 0.0294 e. The predicted octanol–water partition coefficient (Wildman–Crippen LogP) is 16.4. The SMILES string of the molecule is CC[C@@]1(C)CC2CC1C1C3CCC(C3)C21.CC[C@@]1(C)CC2CC1C1C3CCC(C3)C21.CC[C@@]1(C)CC2CC1C1C3CCC(C3)C21.CC[C@@]1(C)CC2CC1C1C3CCC(C3)C21. The van der Waals surface area contributed by atoms with E-state index in [1.54, 1.807) is 128 Å². The summed E-state index contributed by atoms with van der Waals surface area (Å²) in [5.74, 6) is 28.1. The molecule has 16 aliphatic rings. The van der Waals surface area contributed by atoms with Gasteiger partial charge in [0.25, 0.3) is 0 Å². The van der Waals surface area contributed by atoms with Crippen LogP contribution in [0.3, 0.4) is 0 Å². The van der Waals surface area contributed by atoms with Crippen LogP contribution < -0.4 is 0 Å². The minimum atomic E-state index is 0.746. The highest BCUT2D eigenvalue weighted by atomic mass is 14.7. The Bertz CT molecular complexity index is 1420. The van der Waals surface area contributed by atoms with Crippen LogP contribution in [0.15, 0.2) is 0 Å². The number of hydrogen-bond donors (Lipinski definition) is 0. The third-order valence-electron chi connectivity index (χ3n) is 28.2. The van der Waals surface area contributed by atoms with Gasteiger partial charge < -0.3 is 0 Å². The van der Waals surface area contributed by atoms with Crippen LogP contribution in [0, 0.1) is 164 Å². The Morgan fingerprint density at radius 2 is 0.433 bits per heavy atom. The summed E-state index contributed by atoms with van der Waals surface area (Å²) >= 11 is 0. The third-order valence-corrected chi connectivity index (χ3v) is 28.2. The molecule has 24 unspecified atom stereocenters. The second kappa shape index (κ2) is 13.8. The molecule has 60 heavy (non-hydrogen) atoms. The van der Waals surface area contributed by atoms with Gasteiger partial charge in [0.2, 0.25) is 0 Å². The van der Waals surface area contributed by atoms with Crippen LogP contribution in [-0.4, -0.2) is 0 Å². The molecule has 0 aromatic carbocycles. The highest BCUT2D eigenvalue weighted by Gasteiger charge is 2.68. The van der Waals surface area contributed by atoms with E-state index >= 15 is 0 Å². The topological polar surface area (TPSA) is 0 Å². The lowest BCUT2D eigenvalue weighted by molar-refractivity contribution is 0.0436. The van der Waals surface area contributed by atoms with Crippen LogP contribution >= 0.6 is 0 Å². The van der Waals surface area contributed by atoms with Crippen molar-refractivity contribution in [1.82, 2.24) is 0 Å². The van der Waals surface area contributed by atoms with Gasteiger partial charge in [-0.25, -0.2) is 0 Å². The number of rotatable bonds is 4.